The van der Waals surface area contributed by atoms with Gasteiger partial charge in [-0.3, -0.25) is 0 Å². The van der Waals surface area contributed by atoms with Gasteiger partial charge in [-0.1, -0.05) is 12.1 Å². The first-order chi connectivity index (χ1) is 9.35. The molecule has 0 amide bonds. The average Bonchev–Trinajstić information content (AvgIpc) is 2.85. The van der Waals surface area contributed by atoms with E-state index in [1.54, 1.807) is 7.11 Å². The fraction of sp³-hybridized carbons (Fsp3) is 0.400. The zero-order valence-corrected chi connectivity index (χ0v) is 11.1. The van der Waals surface area contributed by atoms with Crippen molar-refractivity contribution in [3.8, 4) is 17.0 Å². The van der Waals surface area contributed by atoms with Gasteiger partial charge >= 0.3 is 0 Å². The molecule has 0 radical (unpaired) electrons. The Balaban J connectivity index is 2.17. The Morgan fingerprint density at radius 2 is 2.16 bits per heavy atom. The van der Waals surface area contributed by atoms with Gasteiger partial charge in [-0.2, -0.15) is 0 Å². The highest BCUT2D eigenvalue weighted by Gasteiger charge is 2.21. The number of imidazole rings is 1. The van der Waals surface area contributed by atoms with Crippen LogP contribution >= 0.6 is 0 Å². The number of para-hydroxylation sites is 1. The standard InChI is InChI=1S/C15H18N2O2/c1-19-13-7-3-2-6-11(13)15-12(10-18)17-9-5-4-8-14(17)16-15/h2-3,6-7,18H,4-5,8-10H2,1H3. The summed E-state index contributed by atoms with van der Waals surface area (Å²) in [7, 11) is 1.66. The molecule has 4 heteroatoms. The second-order valence-corrected chi connectivity index (χ2v) is 4.79. The van der Waals surface area contributed by atoms with Crippen LogP contribution in [0.4, 0.5) is 0 Å². The summed E-state index contributed by atoms with van der Waals surface area (Å²) in [4.78, 5) is 4.72. The number of aliphatic hydroxyl groups excluding tert-OH is 1. The third-order valence-electron chi connectivity index (χ3n) is 3.70. The Labute approximate surface area is 112 Å². The van der Waals surface area contributed by atoms with E-state index in [0.29, 0.717) is 0 Å². The normalized spacial score (nSPS) is 14.2. The zero-order valence-electron chi connectivity index (χ0n) is 11.1. The Bertz CT molecular complexity index is 590. The first kappa shape index (κ1) is 12.2. The third-order valence-corrected chi connectivity index (χ3v) is 3.70. The SMILES string of the molecule is COc1ccccc1-c1nc2n(c1CO)CCCC2. The highest BCUT2D eigenvalue weighted by Crippen LogP contribution is 2.33. The van der Waals surface area contributed by atoms with Gasteiger partial charge in [0.2, 0.25) is 0 Å². The van der Waals surface area contributed by atoms with E-state index in [0.717, 1.165) is 47.9 Å². The molecule has 2 heterocycles. The first-order valence-electron chi connectivity index (χ1n) is 6.67. The molecule has 1 aliphatic rings. The average molecular weight is 258 g/mol. The Kier molecular flexibility index (Phi) is 3.25. The lowest BCUT2D eigenvalue weighted by Crippen LogP contribution is -2.13. The molecule has 1 aromatic carbocycles. The predicted octanol–water partition coefficient (Wildman–Crippen LogP) is 2.39. The number of methoxy groups -OCH3 is 1. The van der Waals surface area contributed by atoms with E-state index in [4.69, 9.17) is 9.72 Å². The molecule has 1 aliphatic heterocycles. The largest absolute Gasteiger partial charge is 0.496 e. The van der Waals surface area contributed by atoms with Crippen LogP contribution in [0.1, 0.15) is 24.4 Å². The molecule has 3 rings (SSSR count). The summed E-state index contributed by atoms with van der Waals surface area (Å²) in [6.45, 7) is 0.966. The van der Waals surface area contributed by atoms with Gasteiger partial charge in [0.1, 0.15) is 11.6 Å². The molecule has 0 saturated heterocycles. The van der Waals surface area contributed by atoms with Crippen LogP contribution in [0.15, 0.2) is 24.3 Å². The van der Waals surface area contributed by atoms with Gasteiger partial charge < -0.3 is 14.4 Å². The van der Waals surface area contributed by atoms with E-state index in [2.05, 4.69) is 4.57 Å². The van der Waals surface area contributed by atoms with Crippen LogP contribution in [0.25, 0.3) is 11.3 Å². The molecule has 0 saturated carbocycles. The van der Waals surface area contributed by atoms with E-state index < -0.39 is 0 Å². The first-order valence-corrected chi connectivity index (χ1v) is 6.67. The van der Waals surface area contributed by atoms with Gasteiger partial charge in [-0.15, -0.1) is 0 Å². The van der Waals surface area contributed by atoms with Gasteiger partial charge in [0, 0.05) is 18.5 Å². The fourth-order valence-corrected chi connectivity index (χ4v) is 2.76. The van der Waals surface area contributed by atoms with Gasteiger partial charge in [0.05, 0.1) is 25.1 Å². The maximum atomic E-state index is 9.69. The highest BCUT2D eigenvalue weighted by molar-refractivity contribution is 5.69. The summed E-state index contributed by atoms with van der Waals surface area (Å²) < 4.78 is 7.56. The molecule has 0 bridgehead atoms. The molecule has 0 aliphatic carbocycles. The number of aromatic nitrogens is 2. The van der Waals surface area contributed by atoms with Crippen LogP contribution in [0, 0.1) is 0 Å². The van der Waals surface area contributed by atoms with Crippen molar-refractivity contribution in [2.45, 2.75) is 32.4 Å². The third kappa shape index (κ3) is 2.02. The lowest BCUT2D eigenvalue weighted by atomic mass is 10.1. The van der Waals surface area contributed by atoms with E-state index >= 15 is 0 Å². The number of benzene rings is 1. The molecule has 0 unspecified atom stereocenters. The molecule has 4 nitrogen and oxygen atoms in total. The summed E-state index contributed by atoms with van der Waals surface area (Å²) in [6, 6.07) is 7.83. The number of hydrogen-bond acceptors (Lipinski definition) is 3. The molecular weight excluding hydrogens is 240 g/mol. The quantitative estimate of drug-likeness (QED) is 0.919. The Morgan fingerprint density at radius 1 is 1.32 bits per heavy atom. The van der Waals surface area contributed by atoms with Crippen molar-refractivity contribution in [3.05, 3.63) is 35.8 Å². The molecular formula is C15H18N2O2. The summed E-state index contributed by atoms with van der Waals surface area (Å²) >= 11 is 0. The number of hydrogen-bond donors (Lipinski definition) is 1. The second-order valence-electron chi connectivity index (χ2n) is 4.79. The number of fused-ring (bicyclic) bond motifs is 1. The van der Waals surface area contributed by atoms with E-state index in [1.807, 2.05) is 24.3 Å². The minimum Gasteiger partial charge on any atom is -0.496 e. The number of ether oxygens (including phenoxy) is 1. The monoisotopic (exact) mass is 258 g/mol. The van der Waals surface area contributed by atoms with Crippen molar-refractivity contribution >= 4 is 0 Å². The predicted molar refractivity (Wildman–Crippen MR) is 73.1 cm³/mol. The molecule has 1 N–H and O–H groups in total. The summed E-state index contributed by atoms with van der Waals surface area (Å²) in [5.74, 6) is 1.88. The lowest BCUT2D eigenvalue weighted by Gasteiger charge is -2.15. The van der Waals surface area contributed by atoms with Crippen molar-refractivity contribution in [2.75, 3.05) is 7.11 Å². The molecule has 1 aromatic heterocycles. The number of aliphatic hydroxyl groups is 1. The second kappa shape index (κ2) is 5.05. The van der Waals surface area contributed by atoms with Crippen LogP contribution in [0.2, 0.25) is 0 Å². The van der Waals surface area contributed by atoms with Gasteiger partial charge in [-0.25, -0.2) is 4.98 Å². The van der Waals surface area contributed by atoms with Crippen molar-refractivity contribution in [2.24, 2.45) is 0 Å². The van der Waals surface area contributed by atoms with Crippen molar-refractivity contribution in [3.63, 3.8) is 0 Å². The molecule has 2 aromatic rings. The molecule has 0 fully saturated rings. The molecule has 19 heavy (non-hydrogen) atoms. The van der Waals surface area contributed by atoms with Crippen LogP contribution in [-0.4, -0.2) is 21.8 Å². The van der Waals surface area contributed by atoms with Gasteiger partial charge in [0.25, 0.3) is 0 Å². The van der Waals surface area contributed by atoms with Crippen molar-refractivity contribution in [1.29, 1.82) is 0 Å². The minimum atomic E-state index is 0.0143. The topological polar surface area (TPSA) is 47.3 Å². The fourth-order valence-electron chi connectivity index (χ4n) is 2.76. The number of aryl methyl sites for hydroxylation is 1. The van der Waals surface area contributed by atoms with Crippen LogP contribution in [0.3, 0.4) is 0 Å². The maximum absolute atomic E-state index is 9.69. The van der Waals surface area contributed by atoms with E-state index in [9.17, 15) is 5.11 Å². The lowest BCUT2D eigenvalue weighted by molar-refractivity contribution is 0.268. The summed E-state index contributed by atoms with van der Waals surface area (Å²) in [5, 5.41) is 9.69. The zero-order chi connectivity index (χ0) is 13.2. The maximum Gasteiger partial charge on any atom is 0.128 e. The number of nitrogens with zero attached hydrogens (tertiary/aromatic N) is 2. The number of rotatable bonds is 3. The van der Waals surface area contributed by atoms with Gasteiger partial charge in [-0.05, 0) is 25.0 Å². The van der Waals surface area contributed by atoms with Crippen LogP contribution in [0.5, 0.6) is 5.75 Å². The molecule has 100 valence electrons. The van der Waals surface area contributed by atoms with Crippen LogP contribution in [-0.2, 0) is 19.6 Å². The Morgan fingerprint density at radius 3 is 2.95 bits per heavy atom. The molecule has 0 spiro atoms. The van der Waals surface area contributed by atoms with E-state index in [-0.39, 0.29) is 6.61 Å². The van der Waals surface area contributed by atoms with E-state index in [1.165, 1.54) is 6.42 Å². The highest BCUT2D eigenvalue weighted by atomic mass is 16.5. The smallest absolute Gasteiger partial charge is 0.128 e. The minimum absolute atomic E-state index is 0.0143. The molecule has 0 atom stereocenters. The van der Waals surface area contributed by atoms with Gasteiger partial charge in [0.15, 0.2) is 0 Å². The van der Waals surface area contributed by atoms with Crippen LogP contribution < -0.4 is 4.74 Å². The van der Waals surface area contributed by atoms with Crippen molar-refractivity contribution < 1.29 is 9.84 Å². The summed E-state index contributed by atoms with van der Waals surface area (Å²) in [6.07, 6.45) is 3.32. The van der Waals surface area contributed by atoms with Crippen molar-refractivity contribution in [1.82, 2.24) is 9.55 Å². The summed E-state index contributed by atoms with van der Waals surface area (Å²) in [5.41, 5.74) is 2.71. The Hall–Kier alpha value is -1.81.